The Hall–Kier alpha value is -3.80. The van der Waals surface area contributed by atoms with Crippen molar-refractivity contribution in [3.8, 4) is 22.5 Å². The summed E-state index contributed by atoms with van der Waals surface area (Å²) in [5, 5.41) is 9.08. The molecule has 4 aromatic rings. The van der Waals surface area contributed by atoms with E-state index in [1.165, 1.54) is 11.5 Å². The fourth-order valence-electron chi connectivity index (χ4n) is 4.08. The van der Waals surface area contributed by atoms with Crippen LogP contribution in [0.2, 0.25) is 0 Å². The molecule has 12 heteroatoms. The van der Waals surface area contributed by atoms with Gasteiger partial charge in [0.25, 0.3) is 0 Å². The maximum Gasteiger partial charge on any atom is 0.484 e. The number of ether oxygens (including phenoxy) is 1. The molecule has 1 aliphatic heterocycles. The number of aromatic nitrogens is 6. The third kappa shape index (κ3) is 4.23. The largest absolute Gasteiger partial charge is 0.484 e. The molecule has 0 aromatic carbocycles. The minimum absolute atomic E-state index is 0.0922. The Kier molecular flexibility index (Phi) is 5.52. The van der Waals surface area contributed by atoms with Gasteiger partial charge in [-0.1, -0.05) is 0 Å². The molecule has 9 nitrogen and oxygen atoms in total. The van der Waals surface area contributed by atoms with Crippen LogP contribution in [0.1, 0.15) is 12.6 Å². The first-order valence-electron chi connectivity index (χ1n) is 10.6. The van der Waals surface area contributed by atoms with Crippen LogP contribution in [-0.4, -0.2) is 62.2 Å². The van der Waals surface area contributed by atoms with Crippen LogP contribution in [-0.2, 0) is 4.74 Å². The summed E-state index contributed by atoms with van der Waals surface area (Å²) in [4.78, 5) is 19.6. The van der Waals surface area contributed by atoms with E-state index in [2.05, 4.69) is 37.0 Å². The summed E-state index contributed by atoms with van der Waals surface area (Å²) < 4.78 is 43.8. The highest BCUT2D eigenvalue weighted by Crippen LogP contribution is 2.36. The molecular weight excluding hydrogens is 449 g/mol. The van der Waals surface area contributed by atoms with Crippen LogP contribution in [0.15, 0.2) is 36.8 Å². The normalized spacial score (nSPS) is 16.7. The van der Waals surface area contributed by atoms with Gasteiger partial charge in [-0.3, -0.25) is 15.4 Å². The van der Waals surface area contributed by atoms with Crippen molar-refractivity contribution in [3.63, 3.8) is 0 Å². The van der Waals surface area contributed by atoms with Crippen LogP contribution >= 0.6 is 0 Å². The molecule has 1 atom stereocenters. The van der Waals surface area contributed by atoms with E-state index < -0.39 is 12.2 Å². The Labute approximate surface area is 192 Å². The monoisotopic (exact) mass is 470 g/mol. The first-order valence-corrected chi connectivity index (χ1v) is 10.6. The van der Waals surface area contributed by atoms with Crippen LogP contribution in [0, 0.1) is 6.92 Å². The Morgan fingerprint density at radius 3 is 2.71 bits per heavy atom. The average Bonchev–Trinajstić information content (AvgIpc) is 3.32. The first kappa shape index (κ1) is 22.0. The molecule has 5 heterocycles. The van der Waals surface area contributed by atoms with Crippen molar-refractivity contribution in [1.29, 1.82) is 0 Å². The van der Waals surface area contributed by atoms with Crippen molar-refractivity contribution in [2.75, 3.05) is 30.0 Å². The zero-order valence-electron chi connectivity index (χ0n) is 18.4. The molecule has 0 saturated carbocycles. The molecule has 0 bridgehead atoms. The third-order valence-electron chi connectivity index (χ3n) is 5.66. The number of halogens is 3. The Morgan fingerprint density at radius 2 is 2.00 bits per heavy atom. The Morgan fingerprint density at radius 1 is 1.15 bits per heavy atom. The van der Waals surface area contributed by atoms with Gasteiger partial charge in [0, 0.05) is 36.1 Å². The predicted octanol–water partition coefficient (Wildman–Crippen LogP) is 3.94. The standard InChI is InChI=1S/C22H21F3N8O/c1-12-11-34-8-7-33(12)18-9-15(16-10-27-21(29-13(16)2)31-22(23,24)25)14-3-5-26-20(19(14)30-18)17-4-6-28-32-17/h3-6,9-10,12H,7-8,11H2,1-2H3,(H,28,32)(H,27,29,31). The van der Waals surface area contributed by atoms with Gasteiger partial charge in [-0.2, -0.15) is 18.3 Å². The molecule has 1 unspecified atom stereocenters. The smallest absolute Gasteiger partial charge is 0.377 e. The lowest BCUT2D eigenvalue weighted by atomic mass is 10.00. The van der Waals surface area contributed by atoms with Gasteiger partial charge < -0.3 is 9.64 Å². The fourth-order valence-corrected chi connectivity index (χ4v) is 4.08. The van der Waals surface area contributed by atoms with E-state index in [1.807, 2.05) is 12.1 Å². The summed E-state index contributed by atoms with van der Waals surface area (Å²) in [7, 11) is 0. The summed E-state index contributed by atoms with van der Waals surface area (Å²) >= 11 is 0. The van der Waals surface area contributed by atoms with E-state index in [-0.39, 0.29) is 6.04 Å². The van der Waals surface area contributed by atoms with Gasteiger partial charge in [-0.15, -0.1) is 0 Å². The summed E-state index contributed by atoms with van der Waals surface area (Å²) in [6, 6.07) is 5.64. The van der Waals surface area contributed by atoms with Crippen LogP contribution in [0.3, 0.4) is 0 Å². The number of nitrogens with one attached hydrogen (secondary N) is 2. The number of nitrogens with zero attached hydrogens (tertiary/aromatic N) is 6. The molecule has 2 N–H and O–H groups in total. The summed E-state index contributed by atoms with van der Waals surface area (Å²) in [6.07, 6.45) is 0.0706. The molecule has 0 aliphatic carbocycles. The molecule has 176 valence electrons. The second-order valence-electron chi connectivity index (χ2n) is 7.99. The number of rotatable bonds is 4. The number of alkyl halides is 3. The Bertz CT molecular complexity index is 1330. The number of H-pyrrole nitrogens is 1. The van der Waals surface area contributed by atoms with Crippen molar-refractivity contribution >= 4 is 22.7 Å². The summed E-state index contributed by atoms with van der Waals surface area (Å²) in [6.45, 7) is 5.49. The minimum Gasteiger partial charge on any atom is -0.377 e. The SMILES string of the molecule is Cc1nc(NC(F)(F)F)ncc1-c1cc(N2CCOCC2C)nc2c(-c3ccn[nH]3)nccc12. The highest BCUT2D eigenvalue weighted by Gasteiger charge is 2.29. The summed E-state index contributed by atoms with van der Waals surface area (Å²) in [5.74, 6) is 0.206. The molecule has 0 amide bonds. The lowest BCUT2D eigenvalue weighted by molar-refractivity contribution is -0.101. The van der Waals surface area contributed by atoms with Gasteiger partial charge in [0.15, 0.2) is 0 Å². The van der Waals surface area contributed by atoms with E-state index in [1.54, 1.807) is 25.4 Å². The third-order valence-corrected chi connectivity index (χ3v) is 5.66. The number of fused-ring (bicyclic) bond motifs is 1. The van der Waals surface area contributed by atoms with Crippen LogP contribution in [0.25, 0.3) is 33.4 Å². The average molecular weight is 470 g/mol. The molecule has 1 aliphatic rings. The number of aromatic amines is 1. The van der Waals surface area contributed by atoms with Gasteiger partial charge in [0.2, 0.25) is 5.95 Å². The number of anilines is 2. The fraction of sp³-hybridized carbons (Fsp3) is 0.318. The molecule has 1 saturated heterocycles. The van der Waals surface area contributed by atoms with Crippen molar-refractivity contribution in [1.82, 2.24) is 30.1 Å². The van der Waals surface area contributed by atoms with Gasteiger partial charge in [-0.05, 0) is 37.6 Å². The number of aryl methyl sites for hydroxylation is 1. The maximum absolute atomic E-state index is 12.7. The van der Waals surface area contributed by atoms with Gasteiger partial charge in [0.05, 0.1) is 30.6 Å². The van der Waals surface area contributed by atoms with Crippen molar-refractivity contribution in [2.45, 2.75) is 26.2 Å². The van der Waals surface area contributed by atoms with E-state index in [0.29, 0.717) is 53.7 Å². The highest BCUT2D eigenvalue weighted by molar-refractivity contribution is 6.01. The van der Waals surface area contributed by atoms with Gasteiger partial charge in [-0.25, -0.2) is 15.0 Å². The number of pyridine rings is 2. The maximum atomic E-state index is 12.7. The van der Waals surface area contributed by atoms with Gasteiger partial charge >= 0.3 is 6.30 Å². The minimum atomic E-state index is -4.62. The molecular formula is C22H21F3N8O. The van der Waals surface area contributed by atoms with Crippen LogP contribution in [0.5, 0.6) is 0 Å². The summed E-state index contributed by atoms with van der Waals surface area (Å²) in [5.41, 5.74) is 3.70. The quantitative estimate of drug-likeness (QED) is 0.432. The number of morpholine rings is 1. The Balaban J connectivity index is 1.71. The van der Waals surface area contributed by atoms with E-state index in [4.69, 9.17) is 9.72 Å². The molecule has 34 heavy (non-hydrogen) atoms. The number of hydrogen-bond acceptors (Lipinski definition) is 8. The molecule has 5 rings (SSSR count). The van der Waals surface area contributed by atoms with Crippen LogP contribution in [0.4, 0.5) is 24.9 Å². The number of hydrogen-bond donors (Lipinski definition) is 2. The molecule has 4 aromatic heterocycles. The van der Waals surface area contributed by atoms with Crippen LogP contribution < -0.4 is 10.2 Å². The lowest BCUT2D eigenvalue weighted by Gasteiger charge is -2.34. The van der Waals surface area contributed by atoms with Crippen molar-refractivity contribution < 1.29 is 17.9 Å². The van der Waals surface area contributed by atoms with E-state index in [0.717, 1.165) is 10.9 Å². The van der Waals surface area contributed by atoms with Crippen molar-refractivity contribution in [2.24, 2.45) is 0 Å². The topological polar surface area (TPSA) is 105 Å². The lowest BCUT2D eigenvalue weighted by Crippen LogP contribution is -2.44. The van der Waals surface area contributed by atoms with E-state index >= 15 is 0 Å². The molecule has 0 spiro atoms. The zero-order valence-corrected chi connectivity index (χ0v) is 18.4. The van der Waals surface area contributed by atoms with Crippen molar-refractivity contribution in [3.05, 3.63) is 42.5 Å². The molecule has 1 fully saturated rings. The highest BCUT2D eigenvalue weighted by atomic mass is 19.4. The molecule has 0 radical (unpaired) electrons. The second-order valence-corrected chi connectivity index (χ2v) is 7.99. The predicted molar refractivity (Wildman–Crippen MR) is 120 cm³/mol. The van der Waals surface area contributed by atoms with E-state index in [9.17, 15) is 13.2 Å². The first-order chi connectivity index (χ1) is 16.3. The second kappa shape index (κ2) is 8.52. The van der Waals surface area contributed by atoms with Gasteiger partial charge in [0.1, 0.15) is 17.0 Å². The zero-order chi connectivity index (χ0) is 23.9.